The number of amides is 2. The third-order valence-electron chi connectivity index (χ3n) is 3.70. The summed E-state index contributed by atoms with van der Waals surface area (Å²) in [4.78, 5) is 13.7. The number of fused-ring (bicyclic) bond motifs is 1. The third kappa shape index (κ3) is 2.78. The highest BCUT2D eigenvalue weighted by atomic mass is 32.1. The van der Waals surface area contributed by atoms with Gasteiger partial charge < -0.3 is 15.3 Å². The van der Waals surface area contributed by atoms with Gasteiger partial charge in [-0.15, -0.1) is 11.3 Å². The van der Waals surface area contributed by atoms with Gasteiger partial charge >= 0.3 is 6.03 Å². The molecule has 4 nitrogen and oxygen atoms in total. The molecule has 1 aliphatic heterocycles. The SMILES string of the molecule is CC1(O)CCN(C(=O)NCc2ccc3sccc3c2)C1. The summed E-state index contributed by atoms with van der Waals surface area (Å²) in [6.07, 6.45) is 0.640. The maximum absolute atomic E-state index is 12.0. The molecule has 1 atom stereocenters. The first-order valence-corrected chi connectivity index (χ1v) is 7.63. The molecule has 2 heterocycles. The number of benzene rings is 1. The molecule has 0 saturated carbocycles. The van der Waals surface area contributed by atoms with Crippen LogP contribution in [0.3, 0.4) is 0 Å². The quantitative estimate of drug-likeness (QED) is 0.893. The minimum absolute atomic E-state index is 0.104. The molecule has 2 amide bonds. The van der Waals surface area contributed by atoms with Crippen LogP contribution in [-0.2, 0) is 6.54 Å². The smallest absolute Gasteiger partial charge is 0.317 e. The Labute approximate surface area is 122 Å². The van der Waals surface area contributed by atoms with Crippen LogP contribution < -0.4 is 5.32 Å². The normalized spacial score (nSPS) is 22.4. The molecule has 1 aliphatic rings. The molecule has 0 bridgehead atoms. The molecular formula is C15H18N2O2S. The molecule has 1 fully saturated rings. The number of hydrogen-bond donors (Lipinski definition) is 2. The van der Waals surface area contributed by atoms with Gasteiger partial charge in [0, 0.05) is 17.8 Å². The second-order valence-electron chi connectivity index (χ2n) is 5.62. The Hall–Kier alpha value is -1.59. The highest BCUT2D eigenvalue weighted by molar-refractivity contribution is 7.17. The summed E-state index contributed by atoms with van der Waals surface area (Å²) in [5.41, 5.74) is 0.350. The van der Waals surface area contributed by atoms with E-state index in [9.17, 15) is 9.90 Å². The van der Waals surface area contributed by atoms with Crippen molar-refractivity contribution in [3.05, 3.63) is 35.2 Å². The fourth-order valence-corrected chi connectivity index (χ4v) is 3.30. The molecule has 0 spiro atoms. The third-order valence-corrected chi connectivity index (χ3v) is 4.60. The van der Waals surface area contributed by atoms with Crippen LogP contribution in [0.1, 0.15) is 18.9 Å². The van der Waals surface area contributed by atoms with Crippen LogP contribution in [0.2, 0.25) is 0 Å². The summed E-state index contributed by atoms with van der Waals surface area (Å²) in [6.45, 7) is 3.30. The van der Waals surface area contributed by atoms with Crippen molar-refractivity contribution in [2.24, 2.45) is 0 Å². The highest BCUT2D eigenvalue weighted by Crippen LogP contribution is 2.22. The van der Waals surface area contributed by atoms with Gasteiger partial charge in [-0.3, -0.25) is 0 Å². The molecule has 1 saturated heterocycles. The minimum Gasteiger partial charge on any atom is -0.388 e. The molecule has 2 aromatic rings. The lowest BCUT2D eigenvalue weighted by Gasteiger charge is -2.19. The first-order chi connectivity index (χ1) is 9.53. The summed E-state index contributed by atoms with van der Waals surface area (Å²) >= 11 is 1.72. The van der Waals surface area contributed by atoms with Crippen molar-refractivity contribution in [1.29, 1.82) is 0 Å². The van der Waals surface area contributed by atoms with Gasteiger partial charge in [-0.1, -0.05) is 6.07 Å². The molecule has 20 heavy (non-hydrogen) atoms. The number of thiophene rings is 1. The van der Waals surface area contributed by atoms with E-state index in [1.54, 1.807) is 23.2 Å². The largest absolute Gasteiger partial charge is 0.388 e. The van der Waals surface area contributed by atoms with E-state index in [4.69, 9.17) is 0 Å². The topological polar surface area (TPSA) is 52.6 Å². The average molecular weight is 290 g/mol. The van der Waals surface area contributed by atoms with Crippen molar-refractivity contribution in [2.45, 2.75) is 25.5 Å². The van der Waals surface area contributed by atoms with Gasteiger partial charge in [0.2, 0.25) is 0 Å². The van der Waals surface area contributed by atoms with Crippen molar-refractivity contribution in [3.8, 4) is 0 Å². The highest BCUT2D eigenvalue weighted by Gasteiger charge is 2.33. The van der Waals surface area contributed by atoms with E-state index >= 15 is 0 Å². The Bertz CT molecular complexity index is 636. The van der Waals surface area contributed by atoms with Gasteiger partial charge in [0.1, 0.15) is 0 Å². The van der Waals surface area contributed by atoms with Crippen molar-refractivity contribution >= 4 is 27.5 Å². The number of urea groups is 1. The van der Waals surface area contributed by atoms with E-state index in [0.717, 1.165) is 5.56 Å². The first kappa shape index (κ1) is 13.4. The van der Waals surface area contributed by atoms with Crippen LogP contribution >= 0.6 is 11.3 Å². The second kappa shape index (κ2) is 5.07. The summed E-state index contributed by atoms with van der Waals surface area (Å²) in [5, 5.41) is 16.1. The predicted octanol–water partition coefficient (Wildman–Crippen LogP) is 2.57. The van der Waals surface area contributed by atoms with Gasteiger partial charge in [-0.2, -0.15) is 0 Å². The molecule has 0 aliphatic carbocycles. The van der Waals surface area contributed by atoms with Crippen LogP contribution in [0.25, 0.3) is 10.1 Å². The number of carbonyl (C=O) groups is 1. The Morgan fingerprint density at radius 2 is 2.35 bits per heavy atom. The lowest BCUT2D eigenvalue weighted by Crippen LogP contribution is -2.40. The van der Waals surface area contributed by atoms with Crippen LogP contribution in [0, 0.1) is 0 Å². The number of hydrogen-bond acceptors (Lipinski definition) is 3. The van der Waals surface area contributed by atoms with E-state index in [-0.39, 0.29) is 6.03 Å². The van der Waals surface area contributed by atoms with Crippen LogP contribution in [0.4, 0.5) is 4.79 Å². The predicted molar refractivity (Wildman–Crippen MR) is 80.9 cm³/mol. The fraction of sp³-hybridized carbons (Fsp3) is 0.400. The molecule has 5 heteroatoms. The first-order valence-electron chi connectivity index (χ1n) is 6.75. The summed E-state index contributed by atoms with van der Waals surface area (Å²) in [5.74, 6) is 0. The van der Waals surface area contributed by atoms with Crippen LogP contribution in [0.15, 0.2) is 29.6 Å². The van der Waals surface area contributed by atoms with E-state index in [0.29, 0.717) is 26.1 Å². The molecular weight excluding hydrogens is 272 g/mol. The molecule has 1 aromatic heterocycles. The zero-order valence-electron chi connectivity index (χ0n) is 11.4. The maximum atomic E-state index is 12.0. The lowest BCUT2D eigenvalue weighted by molar-refractivity contribution is 0.0719. The Balaban J connectivity index is 1.60. The minimum atomic E-state index is -0.743. The van der Waals surface area contributed by atoms with Crippen molar-refractivity contribution in [2.75, 3.05) is 13.1 Å². The monoisotopic (exact) mass is 290 g/mol. The molecule has 1 aromatic carbocycles. The van der Waals surface area contributed by atoms with Gasteiger partial charge in [0.05, 0.1) is 12.1 Å². The fourth-order valence-electron chi connectivity index (χ4n) is 2.53. The molecule has 0 radical (unpaired) electrons. The lowest BCUT2D eigenvalue weighted by atomic mass is 10.1. The van der Waals surface area contributed by atoms with E-state index in [1.807, 2.05) is 6.07 Å². The zero-order chi connectivity index (χ0) is 14.2. The number of rotatable bonds is 2. The number of carbonyl (C=O) groups excluding carboxylic acids is 1. The Morgan fingerprint density at radius 3 is 3.10 bits per heavy atom. The zero-order valence-corrected chi connectivity index (χ0v) is 12.2. The summed E-state index contributed by atoms with van der Waals surface area (Å²) in [7, 11) is 0. The molecule has 1 unspecified atom stereocenters. The maximum Gasteiger partial charge on any atom is 0.317 e. The summed E-state index contributed by atoms with van der Waals surface area (Å²) < 4.78 is 1.26. The van der Waals surface area contributed by atoms with Gasteiger partial charge in [-0.05, 0) is 47.9 Å². The number of likely N-dealkylation sites (tertiary alicyclic amines) is 1. The number of aliphatic hydroxyl groups is 1. The van der Waals surface area contributed by atoms with Crippen molar-refractivity contribution in [3.63, 3.8) is 0 Å². The van der Waals surface area contributed by atoms with Crippen molar-refractivity contribution in [1.82, 2.24) is 10.2 Å². The molecule has 3 rings (SSSR count). The standard InChI is InChI=1S/C15H18N2O2S/c1-15(19)5-6-17(10-15)14(18)16-9-11-2-3-13-12(8-11)4-7-20-13/h2-4,7-8,19H,5-6,9-10H2,1H3,(H,16,18). The van der Waals surface area contributed by atoms with E-state index in [1.165, 1.54) is 10.1 Å². The summed E-state index contributed by atoms with van der Waals surface area (Å²) in [6, 6.07) is 8.21. The van der Waals surface area contributed by atoms with Gasteiger partial charge in [-0.25, -0.2) is 4.79 Å². The average Bonchev–Trinajstić information content (AvgIpc) is 3.01. The van der Waals surface area contributed by atoms with Crippen LogP contribution in [0.5, 0.6) is 0 Å². The second-order valence-corrected chi connectivity index (χ2v) is 6.57. The van der Waals surface area contributed by atoms with E-state index in [2.05, 4.69) is 28.9 Å². The van der Waals surface area contributed by atoms with Gasteiger partial charge in [0.25, 0.3) is 0 Å². The molecule has 106 valence electrons. The van der Waals surface area contributed by atoms with Gasteiger partial charge in [0.15, 0.2) is 0 Å². The van der Waals surface area contributed by atoms with E-state index < -0.39 is 5.60 Å². The van der Waals surface area contributed by atoms with Crippen molar-refractivity contribution < 1.29 is 9.90 Å². The number of nitrogens with one attached hydrogen (secondary N) is 1. The number of β-amino-alcohol motifs (C(OH)–C–C–N with tert-alkyl or cyclic N) is 1. The van der Waals surface area contributed by atoms with Crippen LogP contribution in [-0.4, -0.2) is 34.7 Å². The number of nitrogens with zero attached hydrogens (tertiary/aromatic N) is 1. The molecule has 2 N–H and O–H groups in total. The Morgan fingerprint density at radius 1 is 1.50 bits per heavy atom. The Kier molecular flexibility index (Phi) is 3.40.